The quantitative estimate of drug-likeness (QED) is 0.859. The van der Waals surface area contributed by atoms with Gasteiger partial charge in [0.15, 0.2) is 5.17 Å². The van der Waals surface area contributed by atoms with E-state index in [-0.39, 0.29) is 11.1 Å². The maximum absolute atomic E-state index is 11.7. The summed E-state index contributed by atoms with van der Waals surface area (Å²) in [7, 11) is 0. The fraction of sp³-hybridized carbons (Fsp3) is 0.176. The zero-order chi connectivity index (χ0) is 16.0. The number of rotatable bonds is 2. The first-order valence-electron chi connectivity index (χ1n) is 7.26. The number of thioether (sulfide) groups is 1. The van der Waals surface area contributed by atoms with Gasteiger partial charge in [-0.1, -0.05) is 6.07 Å². The van der Waals surface area contributed by atoms with Gasteiger partial charge in [-0.2, -0.15) is 10.3 Å². The lowest BCUT2D eigenvalue weighted by atomic mass is 9.98. The van der Waals surface area contributed by atoms with Crippen LogP contribution in [0.4, 0.5) is 0 Å². The van der Waals surface area contributed by atoms with Crippen molar-refractivity contribution >= 4 is 39.8 Å². The molecule has 1 aliphatic carbocycles. The van der Waals surface area contributed by atoms with Crippen LogP contribution in [0.25, 0.3) is 17.0 Å². The summed E-state index contributed by atoms with van der Waals surface area (Å²) < 4.78 is 0. The third kappa shape index (κ3) is 2.49. The number of carbonyl (C=O) groups excluding carboxylic acids is 1. The molecule has 1 saturated carbocycles. The Kier molecular flexibility index (Phi) is 3.17. The number of amides is 1. The van der Waals surface area contributed by atoms with Crippen LogP contribution in [-0.4, -0.2) is 16.1 Å². The van der Waals surface area contributed by atoms with Crippen LogP contribution in [-0.2, 0) is 4.79 Å². The minimum absolute atomic E-state index is 0.272. The third-order valence-electron chi connectivity index (χ3n) is 3.97. The lowest BCUT2D eigenvalue weighted by Crippen LogP contribution is -2.01. The number of aromatic nitrogens is 1. The average molecular weight is 320 g/mol. The second kappa shape index (κ2) is 5.21. The van der Waals surface area contributed by atoms with Crippen molar-refractivity contribution in [3.05, 3.63) is 46.0 Å². The normalized spacial score (nSPS) is 19.2. The Morgan fingerprint density at radius 2 is 2.22 bits per heavy atom. The highest BCUT2D eigenvalue weighted by atomic mass is 32.2. The van der Waals surface area contributed by atoms with Crippen molar-refractivity contribution in [2.45, 2.75) is 18.8 Å². The Morgan fingerprint density at radius 1 is 1.39 bits per heavy atom. The second-order valence-corrected chi connectivity index (χ2v) is 6.68. The Labute approximate surface area is 136 Å². The molecule has 0 unspecified atom stereocenters. The Balaban J connectivity index is 1.85. The molecule has 1 aromatic heterocycles. The smallest absolute Gasteiger partial charge is 0.286 e. The maximum Gasteiger partial charge on any atom is 0.286 e. The van der Waals surface area contributed by atoms with Crippen molar-refractivity contribution in [1.82, 2.24) is 4.98 Å². The molecule has 2 aromatic rings. The van der Waals surface area contributed by atoms with Crippen LogP contribution in [0.2, 0.25) is 0 Å². The SMILES string of the molecule is N#Cc1cnc2ccc(C=C3SC(N)=NC3=O)cc2c1C1CC1. The standard InChI is InChI=1S/C17H12N4OS/c18-7-11-8-20-13-4-1-9(5-12(13)15(11)10-2-3-10)6-14-16(22)21-17(19)23-14/h1,4-6,8,10H,2-3H2,(H2,19,21,22). The molecule has 0 saturated heterocycles. The zero-order valence-corrected chi connectivity index (χ0v) is 12.9. The minimum atomic E-state index is -0.307. The van der Waals surface area contributed by atoms with Gasteiger partial charge in [-0.25, -0.2) is 0 Å². The highest BCUT2D eigenvalue weighted by molar-refractivity contribution is 8.18. The second-order valence-electron chi connectivity index (χ2n) is 5.61. The molecule has 23 heavy (non-hydrogen) atoms. The lowest BCUT2D eigenvalue weighted by Gasteiger charge is -2.08. The van der Waals surface area contributed by atoms with Crippen LogP contribution >= 0.6 is 11.8 Å². The Morgan fingerprint density at radius 3 is 2.87 bits per heavy atom. The van der Waals surface area contributed by atoms with E-state index >= 15 is 0 Å². The molecule has 1 fully saturated rings. The van der Waals surface area contributed by atoms with E-state index in [0.29, 0.717) is 16.4 Å². The van der Waals surface area contributed by atoms with E-state index in [1.54, 1.807) is 12.3 Å². The number of benzene rings is 1. The van der Waals surface area contributed by atoms with Gasteiger partial charge >= 0.3 is 0 Å². The summed E-state index contributed by atoms with van der Waals surface area (Å²) in [5, 5.41) is 10.6. The van der Waals surface area contributed by atoms with Gasteiger partial charge in [-0.3, -0.25) is 9.78 Å². The van der Waals surface area contributed by atoms with Crippen molar-refractivity contribution in [3.63, 3.8) is 0 Å². The summed E-state index contributed by atoms with van der Waals surface area (Å²) in [5.74, 6) is 0.137. The molecule has 0 bridgehead atoms. The van der Waals surface area contributed by atoms with E-state index in [1.807, 2.05) is 18.2 Å². The third-order valence-corrected chi connectivity index (χ3v) is 4.79. The molecule has 2 aliphatic rings. The van der Waals surface area contributed by atoms with Gasteiger partial charge in [-0.15, -0.1) is 0 Å². The van der Waals surface area contributed by atoms with Crippen LogP contribution in [0.3, 0.4) is 0 Å². The highest BCUT2D eigenvalue weighted by Crippen LogP contribution is 2.44. The summed E-state index contributed by atoms with van der Waals surface area (Å²) in [6.07, 6.45) is 5.65. The fourth-order valence-corrected chi connectivity index (χ4v) is 3.48. The molecule has 112 valence electrons. The van der Waals surface area contributed by atoms with E-state index in [2.05, 4.69) is 16.0 Å². The molecule has 6 heteroatoms. The first-order chi connectivity index (χ1) is 11.2. The molecule has 0 atom stereocenters. The van der Waals surface area contributed by atoms with Crippen LogP contribution in [0.15, 0.2) is 34.3 Å². The predicted molar refractivity (Wildman–Crippen MR) is 90.6 cm³/mol. The summed E-state index contributed by atoms with van der Waals surface area (Å²) in [4.78, 5) is 20.3. The number of hydrogen-bond acceptors (Lipinski definition) is 5. The zero-order valence-electron chi connectivity index (χ0n) is 12.1. The van der Waals surface area contributed by atoms with Crippen molar-refractivity contribution in [3.8, 4) is 6.07 Å². The fourth-order valence-electron chi connectivity index (χ4n) is 2.80. The topological polar surface area (TPSA) is 92.1 Å². The highest BCUT2D eigenvalue weighted by Gasteiger charge is 2.28. The predicted octanol–water partition coefficient (Wildman–Crippen LogP) is 2.91. The van der Waals surface area contributed by atoms with Gasteiger partial charge in [-0.05, 0) is 59.9 Å². The number of amidine groups is 1. The summed E-state index contributed by atoms with van der Waals surface area (Å²) in [6, 6.07) is 8.07. The lowest BCUT2D eigenvalue weighted by molar-refractivity contribution is -0.113. The van der Waals surface area contributed by atoms with E-state index in [9.17, 15) is 10.1 Å². The Hall–Kier alpha value is -2.65. The monoisotopic (exact) mass is 320 g/mol. The number of hydrogen-bond donors (Lipinski definition) is 1. The summed E-state index contributed by atoms with van der Waals surface area (Å²) in [5.41, 5.74) is 9.06. The summed E-state index contributed by atoms with van der Waals surface area (Å²) >= 11 is 1.18. The minimum Gasteiger partial charge on any atom is -0.378 e. The molecule has 1 aliphatic heterocycles. The van der Waals surface area contributed by atoms with E-state index in [4.69, 9.17) is 5.73 Å². The molecular formula is C17H12N4OS. The largest absolute Gasteiger partial charge is 0.378 e. The van der Waals surface area contributed by atoms with Crippen molar-refractivity contribution in [2.75, 3.05) is 0 Å². The van der Waals surface area contributed by atoms with Crippen LogP contribution in [0.1, 0.15) is 35.4 Å². The average Bonchev–Trinajstić information content (AvgIpc) is 3.32. The molecule has 0 spiro atoms. The molecule has 5 nitrogen and oxygen atoms in total. The van der Waals surface area contributed by atoms with Gasteiger partial charge in [0.25, 0.3) is 5.91 Å². The number of carbonyl (C=O) groups is 1. The number of nitriles is 1. The molecule has 1 aromatic carbocycles. The summed E-state index contributed by atoms with van der Waals surface area (Å²) in [6.45, 7) is 0. The van der Waals surface area contributed by atoms with Crippen molar-refractivity contribution in [1.29, 1.82) is 5.26 Å². The molecule has 4 rings (SSSR count). The molecule has 0 radical (unpaired) electrons. The van der Waals surface area contributed by atoms with Gasteiger partial charge in [0, 0.05) is 11.6 Å². The number of nitrogens with zero attached hydrogens (tertiary/aromatic N) is 3. The number of pyridine rings is 1. The van der Waals surface area contributed by atoms with Crippen molar-refractivity contribution < 1.29 is 4.79 Å². The number of nitrogens with two attached hydrogens (primary N) is 1. The first-order valence-corrected chi connectivity index (χ1v) is 8.08. The van der Waals surface area contributed by atoms with E-state index < -0.39 is 0 Å². The van der Waals surface area contributed by atoms with E-state index in [1.165, 1.54) is 11.8 Å². The van der Waals surface area contributed by atoms with Crippen LogP contribution < -0.4 is 5.73 Å². The van der Waals surface area contributed by atoms with Crippen molar-refractivity contribution in [2.24, 2.45) is 10.7 Å². The van der Waals surface area contributed by atoms with Gasteiger partial charge in [0.05, 0.1) is 16.0 Å². The van der Waals surface area contributed by atoms with Gasteiger partial charge in [0.2, 0.25) is 0 Å². The van der Waals surface area contributed by atoms with E-state index in [0.717, 1.165) is 34.9 Å². The number of fused-ring (bicyclic) bond motifs is 1. The van der Waals surface area contributed by atoms with Crippen LogP contribution in [0.5, 0.6) is 0 Å². The molecule has 1 amide bonds. The molecular weight excluding hydrogens is 308 g/mol. The Bertz CT molecular complexity index is 951. The van der Waals surface area contributed by atoms with Gasteiger partial charge in [0.1, 0.15) is 6.07 Å². The maximum atomic E-state index is 11.7. The molecule has 2 heterocycles. The van der Waals surface area contributed by atoms with Gasteiger partial charge < -0.3 is 5.73 Å². The molecule has 2 N–H and O–H groups in total. The number of aliphatic imine (C=N–C) groups is 1. The van der Waals surface area contributed by atoms with Crippen LogP contribution in [0, 0.1) is 11.3 Å². The first kappa shape index (κ1) is 14.0.